The maximum atomic E-state index is 12.9. The number of rotatable bonds is 3. The third kappa shape index (κ3) is 3.25. The fraction of sp³-hybridized carbons (Fsp3) is 0.750. The first-order chi connectivity index (χ1) is 12.0. The minimum Gasteiger partial charge on any atom is -0.356 e. The van der Waals surface area contributed by atoms with Gasteiger partial charge in [0.2, 0.25) is 5.91 Å². The number of aromatic nitrogens is 2. The van der Waals surface area contributed by atoms with Crippen molar-refractivity contribution in [2.24, 2.45) is 17.8 Å². The van der Waals surface area contributed by atoms with Crippen molar-refractivity contribution in [2.45, 2.75) is 58.4 Å². The van der Waals surface area contributed by atoms with Crippen molar-refractivity contribution in [3.63, 3.8) is 0 Å². The van der Waals surface area contributed by atoms with E-state index in [4.69, 9.17) is 0 Å². The predicted octanol–water partition coefficient (Wildman–Crippen LogP) is 2.96. The summed E-state index contributed by atoms with van der Waals surface area (Å²) in [6.07, 6.45) is 7.27. The normalized spacial score (nSPS) is 29.2. The molecule has 25 heavy (non-hydrogen) atoms. The molecule has 0 aromatic carbocycles. The van der Waals surface area contributed by atoms with Crippen molar-refractivity contribution >= 4 is 11.7 Å². The van der Waals surface area contributed by atoms with Crippen molar-refractivity contribution in [2.75, 3.05) is 25.0 Å². The Morgan fingerprint density at radius 3 is 2.32 bits per heavy atom. The van der Waals surface area contributed by atoms with E-state index in [1.165, 1.54) is 25.7 Å². The highest BCUT2D eigenvalue weighted by molar-refractivity contribution is 5.82. The van der Waals surface area contributed by atoms with Gasteiger partial charge in [-0.1, -0.05) is 12.8 Å². The Morgan fingerprint density at radius 2 is 1.72 bits per heavy atom. The zero-order valence-corrected chi connectivity index (χ0v) is 15.7. The number of fused-ring (bicyclic) bond motifs is 1. The zero-order chi connectivity index (χ0) is 17.6. The molecule has 3 aliphatic rings. The number of hydrogen-bond donors (Lipinski definition) is 0. The summed E-state index contributed by atoms with van der Waals surface area (Å²) >= 11 is 0. The third-order valence-corrected chi connectivity index (χ3v) is 6.58. The topological polar surface area (TPSA) is 49.3 Å². The molecule has 0 spiro atoms. The van der Waals surface area contributed by atoms with Gasteiger partial charge in [0.05, 0.1) is 0 Å². The molecule has 0 radical (unpaired) electrons. The number of carbonyl (C=O) groups is 1. The van der Waals surface area contributed by atoms with Gasteiger partial charge < -0.3 is 9.80 Å². The van der Waals surface area contributed by atoms with Gasteiger partial charge in [-0.05, 0) is 51.4 Å². The molecule has 0 N–H and O–H groups in total. The van der Waals surface area contributed by atoms with E-state index in [9.17, 15) is 4.79 Å². The highest BCUT2D eigenvalue weighted by Crippen LogP contribution is 2.56. The maximum Gasteiger partial charge on any atom is 0.226 e. The molecular weight excluding hydrogens is 312 g/mol. The second kappa shape index (κ2) is 6.58. The largest absolute Gasteiger partial charge is 0.356 e. The van der Waals surface area contributed by atoms with Crippen LogP contribution in [-0.2, 0) is 4.79 Å². The van der Waals surface area contributed by atoms with E-state index in [0.717, 1.165) is 43.3 Å². The molecule has 5 nitrogen and oxygen atoms in total. The number of aryl methyl sites for hydroxylation is 2. The van der Waals surface area contributed by atoms with Gasteiger partial charge in [0.25, 0.3) is 0 Å². The fourth-order valence-electron chi connectivity index (χ4n) is 5.12. The molecular formula is C20H30N4O. The molecule has 3 atom stereocenters. The molecule has 4 rings (SSSR count). The third-order valence-electron chi connectivity index (χ3n) is 6.58. The van der Waals surface area contributed by atoms with Crippen LogP contribution in [0.2, 0.25) is 0 Å². The van der Waals surface area contributed by atoms with Crippen molar-refractivity contribution in [1.29, 1.82) is 0 Å². The van der Waals surface area contributed by atoms with Crippen molar-refractivity contribution in [3.8, 4) is 0 Å². The Bertz CT molecular complexity index is 621. The molecule has 5 heteroatoms. The van der Waals surface area contributed by atoms with Gasteiger partial charge in [-0.3, -0.25) is 4.79 Å². The number of hydrogen-bond acceptors (Lipinski definition) is 4. The number of piperidine rings is 1. The lowest BCUT2D eigenvalue weighted by Crippen LogP contribution is -2.46. The highest BCUT2D eigenvalue weighted by Gasteiger charge is 2.55. The Kier molecular flexibility index (Phi) is 4.42. The quantitative estimate of drug-likeness (QED) is 0.847. The molecule has 1 amide bonds. The Hall–Kier alpha value is -1.65. The van der Waals surface area contributed by atoms with Crippen LogP contribution >= 0.6 is 0 Å². The van der Waals surface area contributed by atoms with Crippen LogP contribution in [0.5, 0.6) is 0 Å². The van der Waals surface area contributed by atoms with E-state index in [-0.39, 0.29) is 0 Å². The van der Waals surface area contributed by atoms with Crippen molar-refractivity contribution in [3.05, 3.63) is 17.6 Å². The van der Waals surface area contributed by atoms with Crippen LogP contribution in [0, 0.1) is 31.6 Å². The van der Waals surface area contributed by atoms with E-state index in [0.29, 0.717) is 29.7 Å². The van der Waals surface area contributed by atoms with Crippen LogP contribution in [0.1, 0.15) is 50.0 Å². The number of amides is 1. The second-order valence-electron chi connectivity index (χ2n) is 8.22. The zero-order valence-electron chi connectivity index (χ0n) is 15.7. The average molecular weight is 342 g/mol. The van der Waals surface area contributed by atoms with Gasteiger partial charge in [-0.15, -0.1) is 0 Å². The van der Waals surface area contributed by atoms with E-state index in [1.807, 2.05) is 20.9 Å². The average Bonchev–Trinajstić information content (AvgIpc) is 3.34. The molecule has 1 saturated heterocycles. The van der Waals surface area contributed by atoms with Crippen LogP contribution in [0.3, 0.4) is 0 Å². The fourth-order valence-corrected chi connectivity index (χ4v) is 5.12. The molecule has 2 heterocycles. The van der Waals surface area contributed by atoms with Gasteiger partial charge in [0.15, 0.2) is 0 Å². The second-order valence-corrected chi connectivity index (χ2v) is 8.22. The van der Waals surface area contributed by atoms with Gasteiger partial charge in [0, 0.05) is 43.9 Å². The van der Waals surface area contributed by atoms with Crippen LogP contribution in [0.15, 0.2) is 6.07 Å². The summed E-state index contributed by atoms with van der Waals surface area (Å²) in [4.78, 5) is 26.3. The minimum absolute atomic E-state index is 0.345. The SMILES string of the molecule is Cc1cc(N2CCC(N(C)C(=O)C3[C@H]4CCCC[C@@H]34)CC2)nc(C)n1. The lowest BCUT2D eigenvalue weighted by molar-refractivity contribution is -0.134. The van der Waals surface area contributed by atoms with E-state index < -0.39 is 0 Å². The number of carbonyl (C=O) groups excluding carboxylic acids is 1. The lowest BCUT2D eigenvalue weighted by atomic mass is 10.0. The van der Waals surface area contributed by atoms with E-state index >= 15 is 0 Å². The van der Waals surface area contributed by atoms with Crippen LogP contribution in [0.4, 0.5) is 5.82 Å². The molecule has 3 fully saturated rings. The molecule has 1 unspecified atom stereocenters. The minimum atomic E-state index is 0.345. The Morgan fingerprint density at radius 1 is 1.08 bits per heavy atom. The summed E-state index contributed by atoms with van der Waals surface area (Å²) in [7, 11) is 2.03. The van der Waals surface area contributed by atoms with Gasteiger partial charge in [-0.25, -0.2) is 9.97 Å². The van der Waals surface area contributed by atoms with Crippen molar-refractivity contribution in [1.82, 2.24) is 14.9 Å². The van der Waals surface area contributed by atoms with Crippen LogP contribution < -0.4 is 4.90 Å². The molecule has 2 aliphatic carbocycles. The number of anilines is 1. The Balaban J connectivity index is 1.34. The first-order valence-electron chi connectivity index (χ1n) is 9.88. The lowest BCUT2D eigenvalue weighted by Gasteiger charge is -2.37. The Labute approximate surface area is 150 Å². The first kappa shape index (κ1) is 16.8. The standard InChI is InChI=1S/C20H30N4O/c1-13-12-18(22-14(2)21-13)24-10-8-15(9-11-24)23(3)20(25)19-16-6-4-5-7-17(16)19/h12,15-17,19H,4-11H2,1-3H3/t16-,17+,19?. The van der Waals surface area contributed by atoms with E-state index in [1.54, 1.807) is 0 Å². The summed E-state index contributed by atoms with van der Waals surface area (Å²) in [5.74, 6) is 4.04. The smallest absolute Gasteiger partial charge is 0.226 e. The monoisotopic (exact) mass is 342 g/mol. The molecule has 1 aliphatic heterocycles. The van der Waals surface area contributed by atoms with Crippen LogP contribution in [0.25, 0.3) is 0 Å². The molecule has 1 aromatic rings. The van der Waals surface area contributed by atoms with Gasteiger partial charge >= 0.3 is 0 Å². The highest BCUT2D eigenvalue weighted by atomic mass is 16.2. The summed E-state index contributed by atoms with van der Waals surface area (Å²) in [6, 6.07) is 2.45. The molecule has 2 saturated carbocycles. The molecule has 136 valence electrons. The first-order valence-corrected chi connectivity index (χ1v) is 9.88. The van der Waals surface area contributed by atoms with E-state index in [2.05, 4.69) is 25.8 Å². The predicted molar refractivity (Wildman–Crippen MR) is 98.4 cm³/mol. The summed E-state index contributed by atoms with van der Waals surface area (Å²) in [5, 5.41) is 0. The molecule has 0 bridgehead atoms. The summed E-state index contributed by atoms with van der Waals surface area (Å²) < 4.78 is 0. The van der Waals surface area contributed by atoms with Gasteiger partial charge in [-0.2, -0.15) is 0 Å². The summed E-state index contributed by atoms with van der Waals surface area (Å²) in [5.41, 5.74) is 1.02. The summed E-state index contributed by atoms with van der Waals surface area (Å²) in [6.45, 7) is 5.91. The molecule has 1 aromatic heterocycles. The maximum absolute atomic E-state index is 12.9. The van der Waals surface area contributed by atoms with Crippen molar-refractivity contribution < 1.29 is 4.79 Å². The van der Waals surface area contributed by atoms with Gasteiger partial charge in [0.1, 0.15) is 11.6 Å². The number of nitrogens with zero attached hydrogens (tertiary/aromatic N) is 4. The van der Waals surface area contributed by atoms with Crippen LogP contribution in [-0.4, -0.2) is 47.0 Å².